The smallest absolute Gasteiger partial charge is 0.381 e. The zero-order valence-electron chi connectivity index (χ0n) is 15.2. The van der Waals surface area contributed by atoms with Gasteiger partial charge in [-0.05, 0) is 25.5 Å². The average Bonchev–Trinajstić information content (AvgIpc) is 2.66. The third-order valence-electron chi connectivity index (χ3n) is 2.38. The van der Waals surface area contributed by atoms with Crippen LogP contribution in [-0.2, 0) is 24.0 Å². The van der Waals surface area contributed by atoms with E-state index >= 15 is 0 Å². The Labute approximate surface area is 153 Å². The maximum absolute atomic E-state index is 11.1. The van der Waals surface area contributed by atoms with E-state index < -0.39 is 11.9 Å². The number of para-hydroxylation sites is 1. The van der Waals surface area contributed by atoms with Gasteiger partial charge in [-0.25, -0.2) is 19.3 Å². The number of ether oxygens (including phenoxy) is 1. The molecule has 0 atom stereocenters. The molecule has 0 radical (unpaired) electrons. The molecule has 0 spiro atoms. The van der Waals surface area contributed by atoms with Crippen LogP contribution < -0.4 is 4.89 Å². The van der Waals surface area contributed by atoms with E-state index in [9.17, 15) is 14.4 Å². The summed E-state index contributed by atoms with van der Waals surface area (Å²) in [7, 11) is 1.33. The van der Waals surface area contributed by atoms with E-state index in [1.807, 2.05) is 13.0 Å². The number of aliphatic carboxylic acids is 1. The fourth-order valence-corrected chi connectivity index (χ4v) is 0.940. The Hall–Kier alpha value is -3.35. The highest BCUT2D eigenvalue weighted by Crippen LogP contribution is 2.10. The summed E-state index contributed by atoms with van der Waals surface area (Å²) in [5, 5.41) is 7.60. The number of carbonyl (C=O) groups excluding carboxylic acids is 2. The lowest BCUT2D eigenvalue weighted by Gasteiger charge is -2.03. The minimum atomic E-state index is -0.981. The molecule has 0 amide bonds. The quantitative estimate of drug-likeness (QED) is 0.357. The van der Waals surface area contributed by atoms with Crippen LogP contribution in [0.2, 0.25) is 0 Å². The molecule has 1 N–H and O–H groups in total. The Morgan fingerprint density at radius 1 is 1.12 bits per heavy atom. The van der Waals surface area contributed by atoms with Gasteiger partial charge < -0.3 is 9.84 Å². The van der Waals surface area contributed by atoms with Crippen LogP contribution in [0.5, 0.6) is 5.75 Å². The molecule has 0 aliphatic rings. The topological polar surface area (TPSA) is 99.1 Å². The van der Waals surface area contributed by atoms with Gasteiger partial charge in [0.2, 0.25) is 0 Å². The Morgan fingerprint density at radius 2 is 1.62 bits per heavy atom. The number of carbonyl (C=O) groups is 3. The summed E-state index contributed by atoms with van der Waals surface area (Å²) in [6.07, 6.45) is 1.39. The Bertz CT molecular complexity index is 618. The van der Waals surface area contributed by atoms with Crippen molar-refractivity contribution in [2.75, 3.05) is 7.11 Å². The number of methoxy groups -OCH3 is 1. The molecule has 1 aromatic rings. The van der Waals surface area contributed by atoms with Crippen molar-refractivity contribution >= 4 is 17.9 Å². The van der Waals surface area contributed by atoms with Gasteiger partial charge in [0.05, 0.1) is 7.11 Å². The van der Waals surface area contributed by atoms with Crippen LogP contribution in [-0.4, -0.2) is 30.1 Å². The third kappa shape index (κ3) is 14.3. The maximum Gasteiger partial charge on any atom is 0.381 e. The second kappa shape index (κ2) is 15.2. The first-order valence-corrected chi connectivity index (χ1v) is 7.40. The van der Waals surface area contributed by atoms with Crippen molar-refractivity contribution in [2.45, 2.75) is 20.3 Å². The lowest BCUT2D eigenvalue weighted by molar-refractivity contribution is -0.208. The van der Waals surface area contributed by atoms with Crippen LogP contribution >= 0.6 is 0 Å². The van der Waals surface area contributed by atoms with Gasteiger partial charge in [-0.15, -0.1) is 0 Å². The summed E-state index contributed by atoms with van der Waals surface area (Å²) < 4.78 is 4.27. The molecule has 0 heterocycles. The number of carboxylic acid groups (broad SMARTS) is 1. The first-order chi connectivity index (χ1) is 12.2. The van der Waals surface area contributed by atoms with Gasteiger partial charge in [0.25, 0.3) is 0 Å². The molecule has 142 valence electrons. The summed E-state index contributed by atoms with van der Waals surface area (Å²) >= 11 is 0. The molecule has 0 aliphatic heterocycles. The lowest BCUT2D eigenvalue weighted by atomic mass is 10.2. The zero-order chi connectivity index (χ0) is 20.5. The number of carboxylic acids is 1. The second-order valence-corrected chi connectivity index (χ2v) is 4.54. The SMILES string of the molecule is C=C(C)C(=O)OC.C=C(CC)C(=O)OOc1ccccc1.C=CC(=O)O. The number of hydrogen-bond acceptors (Lipinski definition) is 6. The van der Waals surface area contributed by atoms with Gasteiger partial charge in [0.1, 0.15) is 0 Å². The molecule has 1 rings (SSSR count). The first-order valence-electron chi connectivity index (χ1n) is 7.40. The first kappa shape index (κ1) is 24.9. The highest BCUT2D eigenvalue weighted by Gasteiger charge is 2.07. The number of rotatable bonds is 6. The monoisotopic (exact) mass is 364 g/mol. The van der Waals surface area contributed by atoms with Crippen molar-refractivity contribution in [1.29, 1.82) is 0 Å². The zero-order valence-corrected chi connectivity index (χ0v) is 15.2. The molecular weight excluding hydrogens is 340 g/mol. The van der Waals surface area contributed by atoms with E-state index in [4.69, 9.17) is 9.99 Å². The van der Waals surface area contributed by atoms with E-state index in [2.05, 4.69) is 29.4 Å². The Kier molecular flexibility index (Phi) is 14.5. The van der Waals surface area contributed by atoms with Crippen molar-refractivity contribution in [3.8, 4) is 5.75 Å². The summed E-state index contributed by atoms with van der Waals surface area (Å²) in [4.78, 5) is 39.9. The van der Waals surface area contributed by atoms with Gasteiger partial charge in [0.15, 0.2) is 5.75 Å². The largest absolute Gasteiger partial charge is 0.478 e. The predicted octanol–water partition coefficient (Wildman–Crippen LogP) is 3.48. The molecule has 7 nitrogen and oxygen atoms in total. The molecule has 0 fully saturated rings. The van der Waals surface area contributed by atoms with Crippen molar-refractivity contribution < 1.29 is 34.0 Å². The number of hydrogen-bond donors (Lipinski definition) is 1. The number of esters is 1. The normalized spacial score (nSPS) is 8.27. The molecule has 0 unspecified atom stereocenters. The minimum absolute atomic E-state index is 0.347. The molecule has 0 bridgehead atoms. The fraction of sp³-hybridized carbons (Fsp3) is 0.211. The van der Waals surface area contributed by atoms with Gasteiger partial charge in [-0.1, -0.05) is 44.9 Å². The van der Waals surface area contributed by atoms with Crippen LogP contribution in [0.4, 0.5) is 0 Å². The average molecular weight is 364 g/mol. The molecule has 0 aromatic heterocycles. The van der Waals surface area contributed by atoms with E-state index in [-0.39, 0.29) is 5.97 Å². The molecule has 1 aromatic carbocycles. The fourth-order valence-electron chi connectivity index (χ4n) is 0.940. The van der Waals surface area contributed by atoms with Gasteiger partial charge in [-0.2, -0.15) is 0 Å². The Morgan fingerprint density at radius 3 is 1.92 bits per heavy atom. The maximum atomic E-state index is 11.1. The lowest BCUT2D eigenvalue weighted by Crippen LogP contribution is -2.09. The van der Waals surface area contributed by atoms with Crippen LogP contribution in [0, 0.1) is 0 Å². The van der Waals surface area contributed by atoms with E-state index in [0.29, 0.717) is 23.3 Å². The number of benzene rings is 1. The third-order valence-corrected chi connectivity index (χ3v) is 2.38. The molecular formula is C19H24O7. The van der Waals surface area contributed by atoms with Crippen LogP contribution in [0.3, 0.4) is 0 Å². The molecule has 26 heavy (non-hydrogen) atoms. The Balaban J connectivity index is 0. The standard InChI is InChI=1S/C11H12O3.C5H8O2.C3H4O2/c1-3-9(2)11(12)14-13-10-7-5-4-6-8-10;1-4(2)5(6)7-3;1-2-3(4)5/h4-8H,2-3H2,1H3;1H2,2-3H3;2H,1H2,(H,4,5). The van der Waals surface area contributed by atoms with Gasteiger partial charge in [0, 0.05) is 17.2 Å². The molecule has 7 heteroatoms. The summed E-state index contributed by atoms with van der Waals surface area (Å²) in [5.41, 5.74) is 0.823. The summed E-state index contributed by atoms with van der Waals surface area (Å²) in [6.45, 7) is 13.3. The van der Waals surface area contributed by atoms with Gasteiger partial charge in [-0.3, -0.25) is 4.89 Å². The van der Waals surface area contributed by atoms with Crippen LogP contribution in [0.1, 0.15) is 20.3 Å². The van der Waals surface area contributed by atoms with Crippen molar-refractivity contribution in [2.24, 2.45) is 0 Å². The molecule has 0 saturated heterocycles. The van der Waals surface area contributed by atoms with Crippen LogP contribution in [0.25, 0.3) is 0 Å². The van der Waals surface area contributed by atoms with E-state index in [1.54, 1.807) is 31.2 Å². The molecule has 0 aliphatic carbocycles. The second-order valence-electron chi connectivity index (χ2n) is 4.54. The van der Waals surface area contributed by atoms with Crippen molar-refractivity contribution in [1.82, 2.24) is 0 Å². The predicted molar refractivity (Wildman–Crippen MR) is 97.3 cm³/mol. The highest BCUT2D eigenvalue weighted by atomic mass is 17.2. The van der Waals surface area contributed by atoms with E-state index in [0.717, 1.165) is 6.08 Å². The van der Waals surface area contributed by atoms with Gasteiger partial charge >= 0.3 is 17.9 Å². The highest BCUT2D eigenvalue weighted by molar-refractivity contribution is 5.87. The molecule has 0 saturated carbocycles. The van der Waals surface area contributed by atoms with Crippen molar-refractivity contribution in [3.63, 3.8) is 0 Å². The van der Waals surface area contributed by atoms with E-state index in [1.165, 1.54) is 7.11 Å². The summed E-state index contributed by atoms with van der Waals surface area (Å²) in [6, 6.07) is 8.82. The van der Waals surface area contributed by atoms with Crippen LogP contribution in [0.15, 0.2) is 67.3 Å². The minimum Gasteiger partial charge on any atom is -0.478 e. The summed E-state index contributed by atoms with van der Waals surface area (Å²) in [5.74, 6) is -1.37. The van der Waals surface area contributed by atoms with Crippen molar-refractivity contribution in [3.05, 3.63) is 67.3 Å².